The molecule has 0 unspecified atom stereocenters. The Hall–Kier alpha value is -2.46. The molecule has 0 fully saturated rings. The Morgan fingerprint density at radius 3 is 2.80 bits per heavy atom. The first kappa shape index (κ1) is 17.4. The van der Waals surface area contributed by atoms with Crippen LogP contribution in [0.4, 0.5) is 0 Å². The summed E-state index contributed by atoms with van der Waals surface area (Å²) in [4.78, 5) is 16.1. The number of hydrogen-bond acceptors (Lipinski definition) is 9. The number of methoxy groups -OCH3 is 1. The van der Waals surface area contributed by atoms with Crippen LogP contribution in [0.1, 0.15) is 21.8 Å². The van der Waals surface area contributed by atoms with Gasteiger partial charge in [0.15, 0.2) is 31.1 Å². The highest BCUT2D eigenvalue weighted by Gasteiger charge is 2.29. The van der Waals surface area contributed by atoms with Gasteiger partial charge in [0.1, 0.15) is 12.1 Å². The summed E-state index contributed by atoms with van der Waals surface area (Å²) in [6.07, 6.45) is 0.997. The van der Waals surface area contributed by atoms with Crippen LogP contribution in [0.2, 0.25) is 0 Å². The number of carbonyl (C=O) groups excluding carboxylic acids is 1. The van der Waals surface area contributed by atoms with Crippen molar-refractivity contribution in [1.29, 1.82) is 0 Å². The van der Waals surface area contributed by atoms with Crippen LogP contribution in [0, 0.1) is 6.92 Å². The predicted octanol–water partition coefficient (Wildman–Crippen LogP) is 2.36. The minimum Gasteiger partial charge on any atom is -0.472 e. The zero-order valence-electron chi connectivity index (χ0n) is 13.6. The number of esters is 1. The largest absolute Gasteiger partial charge is 0.472 e. The molecule has 3 rings (SSSR count). The van der Waals surface area contributed by atoms with Gasteiger partial charge in [0, 0.05) is 13.2 Å². The zero-order valence-corrected chi connectivity index (χ0v) is 15.2. The molecule has 25 heavy (non-hydrogen) atoms. The van der Waals surface area contributed by atoms with Gasteiger partial charge in [-0.05, 0) is 29.2 Å². The van der Waals surface area contributed by atoms with Gasteiger partial charge in [-0.1, -0.05) is 6.07 Å². The third kappa shape index (κ3) is 3.49. The van der Waals surface area contributed by atoms with Gasteiger partial charge in [-0.25, -0.2) is 18.2 Å². The van der Waals surface area contributed by atoms with E-state index in [9.17, 15) is 13.2 Å². The number of aryl methyl sites for hydroxylation is 1. The van der Waals surface area contributed by atoms with Crippen LogP contribution in [-0.2, 0) is 21.2 Å². The molecule has 0 amide bonds. The molecule has 132 valence electrons. The van der Waals surface area contributed by atoms with E-state index in [1.807, 2.05) is 0 Å². The highest BCUT2D eigenvalue weighted by molar-refractivity contribution is 7.92. The molecule has 2 aromatic heterocycles. The van der Waals surface area contributed by atoms with E-state index in [4.69, 9.17) is 9.15 Å². The van der Waals surface area contributed by atoms with Crippen molar-refractivity contribution >= 4 is 38.4 Å². The molecule has 0 aliphatic heterocycles. The minimum absolute atomic E-state index is 0.0760. The first-order valence-corrected chi connectivity index (χ1v) is 9.73. The lowest BCUT2D eigenvalue weighted by Gasteiger charge is -2.06. The fourth-order valence-electron chi connectivity index (χ4n) is 2.21. The first-order chi connectivity index (χ1) is 11.8. The maximum Gasteiger partial charge on any atom is 0.345 e. The Labute approximate surface area is 147 Å². The maximum absolute atomic E-state index is 11.9. The number of fused-ring (bicyclic) bond motifs is 1. The van der Waals surface area contributed by atoms with E-state index < -0.39 is 15.8 Å². The third-order valence-electron chi connectivity index (χ3n) is 3.29. The van der Waals surface area contributed by atoms with Crippen LogP contribution >= 0.6 is 11.5 Å². The Morgan fingerprint density at radius 2 is 2.12 bits per heavy atom. The molecular weight excluding hydrogens is 368 g/mol. The summed E-state index contributed by atoms with van der Waals surface area (Å²) in [5, 5.41) is 0. The van der Waals surface area contributed by atoms with Crippen LogP contribution < -0.4 is 4.74 Å². The Kier molecular flexibility index (Phi) is 4.48. The van der Waals surface area contributed by atoms with Crippen molar-refractivity contribution in [3.63, 3.8) is 0 Å². The molecular formula is C15H14N2O6S2. The summed E-state index contributed by atoms with van der Waals surface area (Å²) < 4.78 is 43.0. The number of oxazole rings is 1. The Morgan fingerprint density at radius 1 is 1.36 bits per heavy atom. The van der Waals surface area contributed by atoms with Crippen molar-refractivity contribution in [3.05, 3.63) is 35.2 Å². The molecule has 0 saturated carbocycles. The zero-order chi connectivity index (χ0) is 18.2. The standard InChI is InChI=1S/C15H14N2O6S2/c1-8-16-10-5-4-9(6-11(10)23-8)7-22-13-12(14(18)21-2)15(24-17-13)25(3,19)20/h4-6H,7H2,1-3H3. The maximum atomic E-state index is 11.9. The minimum atomic E-state index is -3.62. The monoisotopic (exact) mass is 382 g/mol. The van der Waals surface area contributed by atoms with Crippen molar-refractivity contribution < 1.29 is 27.1 Å². The Balaban J connectivity index is 1.89. The van der Waals surface area contributed by atoms with Crippen molar-refractivity contribution in [3.8, 4) is 5.88 Å². The number of aromatic nitrogens is 2. The van der Waals surface area contributed by atoms with Crippen molar-refractivity contribution in [2.75, 3.05) is 13.4 Å². The Bertz CT molecular complexity index is 1050. The fraction of sp³-hybridized carbons (Fsp3) is 0.267. The lowest BCUT2D eigenvalue weighted by Crippen LogP contribution is -2.09. The predicted molar refractivity (Wildman–Crippen MR) is 89.6 cm³/mol. The van der Waals surface area contributed by atoms with Crippen LogP contribution in [0.3, 0.4) is 0 Å². The van der Waals surface area contributed by atoms with Crippen molar-refractivity contribution in [2.24, 2.45) is 0 Å². The van der Waals surface area contributed by atoms with Crippen molar-refractivity contribution in [1.82, 2.24) is 9.36 Å². The molecule has 8 nitrogen and oxygen atoms in total. The van der Waals surface area contributed by atoms with E-state index in [-0.39, 0.29) is 22.3 Å². The first-order valence-electron chi connectivity index (χ1n) is 7.06. The third-order valence-corrected chi connectivity index (χ3v) is 5.93. The second kappa shape index (κ2) is 6.45. The van der Waals surface area contributed by atoms with E-state index in [0.717, 1.165) is 24.4 Å². The van der Waals surface area contributed by atoms with E-state index in [1.165, 1.54) is 0 Å². The van der Waals surface area contributed by atoms with Gasteiger partial charge in [-0.3, -0.25) is 0 Å². The smallest absolute Gasteiger partial charge is 0.345 e. The molecule has 0 radical (unpaired) electrons. The molecule has 0 bridgehead atoms. The van der Waals surface area contributed by atoms with Gasteiger partial charge < -0.3 is 13.9 Å². The van der Waals surface area contributed by atoms with E-state index in [1.54, 1.807) is 25.1 Å². The average molecular weight is 382 g/mol. The van der Waals surface area contributed by atoms with Crippen LogP contribution in [-0.4, -0.2) is 37.1 Å². The summed E-state index contributed by atoms with van der Waals surface area (Å²) >= 11 is 0.676. The van der Waals surface area contributed by atoms with E-state index >= 15 is 0 Å². The molecule has 0 aliphatic rings. The second-order valence-corrected chi connectivity index (χ2v) is 8.22. The highest BCUT2D eigenvalue weighted by Crippen LogP contribution is 2.31. The van der Waals surface area contributed by atoms with Crippen LogP contribution in [0.25, 0.3) is 11.1 Å². The molecule has 0 spiro atoms. The number of ether oxygens (including phenoxy) is 2. The molecule has 0 saturated heterocycles. The summed E-state index contributed by atoms with van der Waals surface area (Å²) in [6, 6.07) is 5.34. The molecule has 0 atom stereocenters. The van der Waals surface area contributed by atoms with Crippen LogP contribution in [0.15, 0.2) is 26.8 Å². The number of nitrogens with zero attached hydrogens (tertiary/aromatic N) is 2. The highest BCUT2D eigenvalue weighted by atomic mass is 32.2. The van der Waals surface area contributed by atoms with Gasteiger partial charge in [0.05, 0.1) is 7.11 Å². The molecule has 3 aromatic rings. The normalized spacial score (nSPS) is 11.6. The molecule has 0 aliphatic carbocycles. The van der Waals surface area contributed by atoms with E-state index in [0.29, 0.717) is 23.0 Å². The van der Waals surface area contributed by atoms with Gasteiger partial charge in [0.2, 0.25) is 5.88 Å². The molecule has 2 heterocycles. The number of rotatable bonds is 5. The number of carbonyl (C=O) groups is 1. The molecule has 1 aromatic carbocycles. The van der Waals surface area contributed by atoms with Crippen molar-refractivity contribution in [2.45, 2.75) is 17.7 Å². The van der Waals surface area contributed by atoms with Crippen LogP contribution in [0.5, 0.6) is 5.88 Å². The lowest BCUT2D eigenvalue weighted by atomic mass is 10.2. The summed E-state index contributed by atoms with van der Waals surface area (Å²) in [5.41, 5.74) is 1.91. The summed E-state index contributed by atoms with van der Waals surface area (Å²) in [6.45, 7) is 1.83. The average Bonchev–Trinajstić information content (AvgIpc) is 3.13. The van der Waals surface area contributed by atoms with Gasteiger partial charge in [0.25, 0.3) is 0 Å². The van der Waals surface area contributed by atoms with E-state index in [2.05, 4.69) is 14.1 Å². The van der Waals surface area contributed by atoms with Gasteiger partial charge >= 0.3 is 5.97 Å². The summed E-state index contributed by atoms with van der Waals surface area (Å²) in [7, 11) is -2.46. The number of benzene rings is 1. The fourth-order valence-corrected chi connectivity index (χ4v) is 3.98. The second-order valence-electron chi connectivity index (χ2n) is 5.24. The molecule has 0 N–H and O–H groups in total. The number of sulfone groups is 1. The SMILES string of the molecule is COC(=O)c1c(OCc2ccc3nc(C)oc3c2)nsc1S(C)(=O)=O. The quantitative estimate of drug-likeness (QED) is 0.619. The van der Waals surface area contributed by atoms with Gasteiger partial charge in [-0.2, -0.15) is 4.37 Å². The van der Waals surface area contributed by atoms with Gasteiger partial charge in [-0.15, -0.1) is 0 Å². The molecule has 10 heteroatoms. The number of hydrogen-bond donors (Lipinski definition) is 0. The summed E-state index contributed by atoms with van der Waals surface area (Å²) in [5.74, 6) is -0.338. The lowest BCUT2D eigenvalue weighted by molar-refractivity contribution is 0.0591. The topological polar surface area (TPSA) is 109 Å².